The van der Waals surface area contributed by atoms with E-state index < -0.39 is 0 Å². The highest BCUT2D eigenvalue weighted by Crippen LogP contribution is 2.26. The summed E-state index contributed by atoms with van der Waals surface area (Å²) in [5.74, 6) is 0.878. The van der Waals surface area contributed by atoms with Crippen LogP contribution in [0.25, 0.3) is 0 Å². The highest BCUT2D eigenvalue weighted by Gasteiger charge is 2.22. The minimum Gasteiger partial charge on any atom is -0.465 e. The molecule has 7 nitrogen and oxygen atoms in total. The van der Waals surface area contributed by atoms with Crippen molar-refractivity contribution in [1.82, 2.24) is 9.97 Å². The lowest BCUT2D eigenvalue weighted by Gasteiger charge is -2.29. The van der Waals surface area contributed by atoms with Gasteiger partial charge in [-0.3, -0.25) is 4.79 Å². The Kier molecular flexibility index (Phi) is 7.04. The van der Waals surface area contributed by atoms with Crippen LogP contribution in [0.1, 0.15) is 32.6 Å². The largest absolute Gasteiger partial charge is 0.465 e. The van der Waals surface area contributed by atoms with Crippen molar-refractivity contribution < 1.29 is 14.3 Å². The number of methoxy groups -OCH3 is 1. The molecule has 1 aliphatic carbocycles. The summed E-state index contributed by atoms with van der Waals surface area (Å²) >= 11 is 3.33. The molecule has 0 amide bonds. The average molecular weight is 387 g/mol. The second-order valence-corrected chi connectivity index (χ2v) is 6.21. The van der Waals surface area contributed by atoms with E-state index in [2.05, 4.69) is 36.5 Å². The Morgan fingerprint density at radius 2 is 2.09 bits per heavy atom. The summed E-state index contributed by atoms with van der Waals surface area (Å²) in [6, 6.07) is 0.327. The second kappa shape index (κ2) is 9.02. The number of hydrogen-bond donors (Lipinski definition) is 2. The smallest absolute Gasteiger partial charge is 0.325 e. The number of rotatable bonds is 7. The molecule has 2 rings (SSSR count). The SMILES string of the molecule is CCOC(=O)CNc1ncc(Br)nc1N[C@H]1CC[C@H](OC)CC1. The molecule has 0 aromatic carbocycles. The molecule has 1 aromatic heterocycles. The fraction of sp³-hybridized carbons (Fsp3) is 0.667. The van der Waals surface area contributed by atoms with Crippen molar-refractivity contribution in [3.8, 4) is 0 Å². The molecule has 0 saturated heterocycles. The minimum atomic E-state index is -0.316. The molecule has 2 N–H and O–H groups in total. The van der Waals surface area contributed by atoms with Gasteiger partial charge in [0.15, 0.2) is 11.6 Å². The Morgan fingerprint density at radius 1 is 1.35 bits per heavy atom. The Morgan fingerprint density at radius 3 is 2.74 bits per heavy atom. The van der Waals surface area contributed by atoms with Crippen molar-refractivity contribution in [3.63, 3.8) is 0 Å². The highest BCUT2D eigenvalue weighted by molar-refractivity contribution is 9.10. The van der Waals surface area contributed by atoms with Gasteiger partial charge in [-0.25, -0.2) is 9.97 Å². The van der Waals surface area contributed by atoms with Crippen LogP contribution in [-0.4, -0.2) is 48.3 Å². The molecule has 1 fully saturated rings. The molecule has 8 heteroatoms. The summed E-state index contributed by atoms with van der Waals surface area (Å²) < 4.78 is 10.9. The molecule has 1 saturated carbocycles. The lowest BCUT2D eigenvalue weighted by Crippen LogP contribution is -2.30. The maximum Gasteiger partial charge on any atom is 0.325 e. The molecule has 1 heterocycles. The van der Waals surface area contributed by atoms with E-state index >= 15 is 0 Å². The topological polar surface area (TPSA) is 85.4 Å². The quantitative estimate of drug-likeness (QED) is 0.696. The Balaban J connectivity index is 1.97. The van der Waals surface area contributed by atoms with Gasteiger partial charge in [0.05, 0.1) is 18.9 Å². The van der Waals surface area contributed by atoms with E-state index in [9.17, 15) is 4.79 Å². The molecule has 0 aliphatic heterocycles. The minimum absolute atomic E-state index is 0.0647. The zero-order valence-corrected chi connectivity index (χ0v) is 15.1. The van der Waals surface area contributed by atoms with E-state index in [1.807, 2.05) is 0 Å². The summed E-state index contributed by atoms with van der Waals surface area (Å²) in [6.07, 6.45) is 6.04. The van der Waals surface area contributed by atoms with Crippen molar-refractivity contribution in [2.45, 2.75) is 44.8 Å². The Bertz CT molecular complexity index is 521. The second-order valence-electron chi connectivity index (χ2n) is 5.40. The van der Waals surface area contributed by atoms with Crippen molar-refractivity contribution in [3.05, 3.63) is 10.8 Å². The molecule has 0 bridgehead atoms. The summed E-state index contributed by atoms with van der Waals surface area (Å²) in [4.78, 5) is 20.2. The van der Waals surface area contributed by atoms with Crippen molar-refractivity contribution in [1.29, 1.82) is 0 Å². The van der Waals surface area contributed by atoms with Gasteiger partial charge in [-0.2, -0.15) is 0 Å². The number of anilines is 2. The van der Waals surface area contributed by atoms with Crippen LogP contribution < -0.4 is 10.6 Å². The number of esters is 1. The lowest BCUT2D eigenvalue weighted by molar-refractivity contribution is -0.140. The molecule has 0 spiro atoms. The van der Waals surface area contributed by atoms with Gasteiger partial charge in [-0.1, -0.05) is 0 Å². The molecular formula is C15H23BrN4O3. The fourth-order valence-corrected chi connectivity index (χ4v) is 2.88. The van der Waals surface area contributed by atoms with E-state index in [1.165, 1.54) is 0 Å². The van der Waals surface area contributed by atoms with Crippen molar-refractivity contribution in [2.75, 3.05) is 30.9 Å². The van der Waals surface area contributed by atoms with Crippen LogP contribution in [0.3, 0.4) is 0 Å². The average Bonchev–Trinajstić information content (AvgIpc) is 2.55. The number of carbonyl (C=O) groups excluding carboxylic acids is 1. The molecule has 23 heavy (non-hydrogen) atoms. The van der Waals surface area contributed by atoms with Gasteiger partial charge in [0, 0.05) is 13.2 Å². The number of hydrogen-bond acceptors (Lipinski definition) is 7. The zero-order valence-electron chi connectivity index (χ0n) is 13.5. The van der Waals surface area contributed by atoms with Gasteiger partial charge in [0.25, 0.3) is 0 Å². The molecule has 128 valence electrons. The van der Waals surface area contributed by atoms with Crippen molar-refractivity contribution in [2.24, 2.45) is 0 Å². The molecule has 0 radical (unpaired) electrons. The third kappa shape index (κ3) is 5.62. The first-order chi connectivity index (χ1) is 11.1. The van der Waals surface area contributed by atoms with E-state index in [0.717, 1.165) is 25.7 Å². The number of aromatic nitrogens is 2. The van der Waals surface area contributed by atoms with E-state index in [1.54, 1.807) is 20.2 Å². The third-order valence-electron chi connectivity index (χ3n) is 3.80. The number of nitrogens with one attached hydrogen (secondary N) is 2. The van der Waals surface area contributed by atoms with Crippen LogP contribution in [0.4, 0.5) is 11.6 Å². The summed E-state index contributed by atoms with van der Waals surface area (Å²) in [5, 5.41) is 6.40. The van der Waals surface area contributed by atoms with E-state index in [0.29, 0.717) is 35.0 Å². The number of nitrogens with zero attached hydrogens (tertiary/aromatic N) is 2. The normalized spacial score (nSPS) is 20.8. The summed E-state index contributed by atoms with van der Waals surface area (Å²) in [6.45, 7) is 2.20. The third-order valence-corrected chi connectivity index (χ3v) is 4.18. The highest BCUT2D eigenvalue weighted by atomic mass is 79.9. The van der Waals surface area contributed by atoms with Crippen LogP contribution in [0.2, 0.25) is 0 Å². The first-order valence-electron chi connectivity index (χ1n) is 7.83. The first kappa shape index (κ1) is 17.9. The van der Waals surface area contributed by atoms with Gasteiger partial charge in [-0.15, -0.1) is 0 Å². The standard InChI is InChI=1S/C15H23BrN4O3/c1-3-23-13(21)9-18-14-15(20-12(16)8-17-14)19-10-4-6-11(22-2)7-5-10/h8,10-11H,3-7,9H2,1-2H3,(H,17,18)(H,19,20)/t10-,11-. The Labute approximate surface area is 144 Å². The van der Waals surface area contributed by atoms with Crippen LogP contribution >= 0.6 is 15.9 Å². The van der Waals surface area contributed by atoms with Gasteiger partial charge >= 0.3 is 5.97 Å². The fourth-order valence-electron chi connectivity index (χ4n) is 2.60. The summed E-state index contributed by atoms with van der Waals surface area (Å²) in [7, 11) is 1.76. The van der Waals surface area contributed by atoms with Gasteiger partial charge in [-0.05, 0) is 48.5 Å². The maximum atomic E-state index is 11.5. The summed E-state index contributed by atoms with van der Waals surface area (Å²) in [5.41, 5.74) is 0. The molecule has 1 aliphatic rings. The zero-order chi connectivity index (χ0) is 16.7. The molecule has 1 aromatic rings. The maximum absolute atomic E-state index is 11.5. The van der Waals surface area contributed by atoms with E-state index in [4.69, 9.17) is 9.47 Å². The van der Waals surface area contributed by atoms with Gasteiger partial charge < -0.3 is 20.1 Å². The first-order valence-corrected chi connectivity index (χ1v) is 8.63. The van der Waals surface area contributed by atoms with E-state index in [-0.39, 0.29) is 12.5 Å². The lowest BCUT2D eigenvalue weighted by atomic mass is 9.93. The van der Waals surface area contributed by atoms with Gasteiger partial charge in [0.2, 0.25) is 0 Å². The predicted molar refractivity (Wildman–Crippen MR) is 91.5 cm³/mol. The van der Waals surface area contributed by atoms with Crippen LogP contribution in [0, 0.1) is 0 Å². The predicted octanol–water partition coefficient (Wildman–Crippen LogP) is 2.58. The number of carbonyl (C=O) groups is 1. The molecule has 0 atom stereocenters. The van der Waals surface area contributed by atoms with Crippen LogP contribution in [-0.2, 0) is 14.3 Å². The molecule has 0 unspecified atom stereocenters. The van der Waals surface area contributed by atoms with Crippen LogP contribution in [0.5, 0.6) is 0 Å². The van der Waals surface area contributed by atoms with Gasteiger partial charge in [0.1, 0.15) is 11.1 Å². The number of ether oxygens (including phenoxy) is 2. The Hall–Kier alpha value is -1.41. The van der Waals surface area contributed by atoms with Crippen molar-refractivity contribution >= 4 is 33.5 Å². The monoisotopic (exact) mass is 386 g/mol. The molecular weight excluding hydrogens is 364 g/mol. The van der Waals surface area contributed by atoms with Crippen LogP contribution in [0.15, 0.2) is 10.8 Å². The number of halogens is 1.